The van der Waals surface area contributed by atoms with Gasteiger partial charge in [0.15, 0.2) is 0 Å². The van der Waals surface area contributed by atoms with Crippen molar-refractivity contribution in [3.63, 3.8) is 0 Å². The average Bonchev–Trinajstić information content (AvgIpc) is 2.29. The molecular weight excluding hydrogens is 240 g/mol. The van der Waals surface area contributed by atoms with Crippen LogP contribution in [0.1, 0.15) is 41.0 Å². The zero-order valence-corrected chi connectivity index (χ0v) is 12.4. The van der Waals surface area contributed by atoms with Crippen molar-refractivity contribution in [1.82, 2.24) is 0 Å². The fourth-order valence-corrected chi connectivity index (χ4v) is 1.50. The van der Waals surface area contributed by atoms with E-state index in [2.05, 4.69) is 24.5 Å². The maximum Gasteiger partial charge on any atom is 0.412 e. The van der Waals surface area contributed by atoms with Gasteiger partial charge in [0.1, 0.15) is 5.60 Å². The first-order chi connectivity index (χ1) is 8.81. The minimum atomic E-state index is -0.497. The lowest BCUT2D eigenvalue weighted by atomic mass is 10.2. The maximum absolute atomic E-state index is 11.8. The van der Waals surface area contributed by atoms with Crippen molar-refractivity contribution in [3.05, 3.63) is 24.3 Å². The number of para-hydroxylation sites is 2. The van der Waals surface area contributed by atoms with Crippen LogP contribution in [-0.4, -0.2) is 17.7 Å². The average molecular weight is 264 g/mol. The number of carbonyl (C=O) groups is 1. The molecule has 0 spiro atoms. The number of ether oxygens (including phenoxy) is 1. The Morgan fingerprint density at radius 1 is 1.26 bits per heavy atom. The highest BCUT2D eigenvalue weighted by Gasteiger charge is 2.17. The fraction of sp³-hybridized carbons (Fsp3) is 0.533. The summed E-state index contributed by atoms with van der Waals surface area (Å²) in [6.07, 6.45) is 0.576. The van der Waals surface area contributed by atoms with Crippen LogP contribution >= 0.6 is 0 Å². The SMILES string of the molecule is CCC(C)Nc1ccccc1NC(=O)OC(C)(C)C. The summed E-state index contributed by atoms with van der Waals surface area (Å²) in [5.74, 6) is 0. The van der Waals surface area contributed by atoms with Crippen LogP contribution < -0.4 is 10.6 Å². The molecule has 1 aromatic rings. The molecule has 106 valence electrons. The van der Waals surface area contributed by atoms with E-state index in [1.165, 1.54) is 0 Å². The summed E-state index contributed by atoms with van der Waals surface area (Å²) in [4.78, 5) is 11.8. The van der Waals surface area contributed by atoms with Gasteiger partial charge in [0.25, 0.3) is 0 Å². The highest BCUT2D eigenvalue weighted by Crippen LogP contribution is 2.23. The predicted molar refractivity (Wildman–Crippen MR) is 79.7 cm³/mol. The monoisotopic (exact) mass is 264 g/mol. The first-order valence-electron chi connectivity index (χ1n) is 6.67. The largest absolute Gasteiger partial charge is 0.444 e. The van der Waals surface area contributed by atoms with Crippen molar-refractivity contribution in [3.8, 4) is 0 Å². The van der Waals surface area contributed by atoms with Gasteiger partial charge in [-0.05, 0) is 46.2 Å². The molecule has 0 radical (unpaired) electrons. The Kier molecular flexibility index (Phi) is 5.21. The van der Waals surface area contributed by atoms with Crippen LogP contribution in [-0.2, 0) is 4.74 Å². The van der Waals surface area contributed by atoms with E-state index in [0.29, 0.717) is 6.04 Å². The van der Waals surface area contributed by atoms with Crippen molar-refractivity contribution in [1.29, 1.82) is 0 Å². The summed E-state index contributed by atoms with van der Waals surface area (Å²) in [6.45, 7) is 9.74. The molecule has 1 unspecified atom stereocenters. The number of amides is 1. The topological polar surface area (TPSA) is 50.4 Å². The molecule has 0 aliphatic carbocycles. The van der Waals surface area contributed by atoms with Crippen LogP contribution in [0.2, 0.25) is 0 Å². The molecule has 0 bridgehead atoms. The summed E-state index contributed by atoms with van der Waals surface area (Å²) in [5, 5.41) is 6.13. The van der Waals surface area contributed by atoms with Gasteiger partial charge in [-0.2, -0.15) is 0 Å². The van der Waals surface area contributed by atoms with E-state index in [4.69, 9.17) is 4.74 Å². The lowest BCUT2D eigenvalue weighted by molar-refractivity contribution is 0.0636. The molecule has 0 fully saturated rings. The van der Waals surface area contributed by atoms with Crippen LogP contribution in [0, 0.1) is 0 Å². The van der Waals surface area contributed by atoms with Gasteiger partial charge in [-0.25, -0.2) is 4.79 Å². The predicted octanol–water partition coefficient (Wildman–Crippen LogP) is 4.24. The van der Waals surface area contributed by atoms with E-state index >= 15 is 0 Å². The molecule has 0 saturated heterocycles. The molecular formula is C15H24N2O2. The normalized spacial score (nSPS) is 12.7. The quantitative estimate of drug-likeness (QED) is 0.855. The van der Waals surface area contributed by atoms with Gasteiger partial charge in [-0.1, -0.05) is 19.1 Å². The zero-order chi connectivity index (χ0) is 14.5. The molecule has 1 atom stereocenters. The smallest absolute Gasteiger partial charge is 0.412 e. The Hall–Kier alpha value is -1.71. The molecule has 0 heterocycles. The molecule has 1 rings (SSSR count). The summed E-state index contributed by atoms with van der Waals surface area (Å²) >= 11 is 0. The van der Waals surface area contributed by atoms with Gasteiger partial charge in [-0.3, -0.25) is 5.32 Å². The van der Waals surface area contributed by atoms with Gasteiger partial charge in [-0.15, -0.1) is 0 Å². The second kappa shape index (κ2) is 6.45. The van der Waals surface area contributed by atoms with E-state index in [0.717, 1.165) is 17.8 Å². The molecule has 2 N–H and O–H groups in total. The third-order valence-corrected chi connectivity index (χ3v) is 2.58. The first-order valence-corrected chi connectivity index (χ1v) is 6.67. The summed E-state index contributed by atoms with van der Waals surface area (Å²) in [5.41, 5.74) is 1.14. The lowest BCUT2D eigenvalue weighted by Crippen LogP contribution is -2.27. The Morgan fingerprint density at radius 3 is 2.37 bits per heavy atom. The first kappa shape index (κ1) is 15.3. The van der Waals surface area contributed by atoms with Crippen molar-refractivity contribution >= 4 is 17.5 Å². The molecule has 4 nitrogen and oxygen atoms in total. The van der Waals surface area contributed by atoms with Gasteiger partial charge in [0, 0.05) is 6.04 Å². The van der Waals surface area contributed by atoms with Crippen molar-refractivity contribution in [2.45, 2.75) is 52.7 Å². The molecule has 0 aromatic heterocycles. The van der Waals surface area contributed by atoms with E-state index < -0.39 is 11.7 Å². The zero-order valence-electron chi connectivity index (χ0n) is 12.4. The Balaban J connectivity index is 2.75. The van der Waals surface area contributed by atoms with Crippen LogP contribution in [0.25, 0.3) is 0 Å². The van der Waals surface area contributed by atoms with Crippen molar-refractivity contribution < 1.29 is 9.53 Å². The molecule has 1 amide bonds. The second-order valence-electron chi connectivity index (χ2n) is 5.63. The number of benzene rings is 1. The standard InChI is InChI=1S/C15H24N2O2/c1-6-11(2)16-12-9-7-8-10-13(12)17-14(18)19-15(3,4)5/h7-11,16H,6H2,1-5H3,(H,17,18). The minimum Gasteiger partial charge on any atom is -0.444 e. The summed E-state index contributed by atoms with van der Waals surface area (Å²) in [7, 11) is 0. The molecule has 0 aliphatic heterocycles. The Morgan fingerprint density at radius 2 is 1.84 bits per heavy atom. The van der Waals surface area contributed by atoms with E-state index in [1.54, 1.807) is 0 Å². The number of nitrogens with one attached hydrogen (secondary N) is 2. The Labute approximate surface area is 115 Å². The van der Waals surface area contributed by atoms with Crippen LogP contribution in [0.5, 0.6) is 0 Å². The number of carbonyl (C=O) groups excluding carboxylic acids is 1. The van der Waals surface area contributed by atoms with Crippen LogP contribution in [0.3, 0.4) is 0 Å². The van der Waals surface area contributed by atoms with Crippen molar-refractivity contribution in [2.75, 3.05) is 10.6 Å². The maximum atomic E-state index is 11.8. The second-order valence-corrected chi connectivity index (χ2v) is 5.63. The molecule has 19 heavy (non-hydrogen) atoms. The number of hydrogen-bond donors (Lipinski definition) is 2. The van der Waals surface area contributed by atoms with Crippen LogP contribution in [0.15, 0.2) is 24.3 Å². The lowest BCUT2D eigenvalue weighted by Gasteiger charge is -2.21. The van der Waals surface area contributed by atoms with Crippen molar-refractivity contribution in [2.24, 2.45) is 0 Å². The van der Waals surface area contributed by atoms with E-state index in [9.17, 15) is 4.79 Å². The highest BCUT2D eigenvalue weighted by atomic mass is 16.6. The molecule has 0 saturated carbocycles. The molecule has 1 aromatic carbocycles. The van der Waals surface area contributed by atoms with Gasteiger partial charge in [0.2, 0.25) is 0 Å². The van der Waals surface area contributed by atoms with Gasteiger partial charge >= 0.3 is 6.09 Å². The molecule has 4 heteroatoms. The number of anilines is 2. The van der Waals surface area contributed by atoms with Gasteiger partial charge < -0.3 is 10.1 Å². The third-order valence-electron chi connectivity index (χ3n) is 2.58. The van der Waals surface area contributed by atoms with Gasteiger partial charge in [0.05, 0.1) is 11.4 Å². The number of hydrogen-bond acceptors (Lipinski definition) is 3. The van der Waals surface area contributed by atoms with Crippen LogP contribution in [0.4, 0.5) is 16.2 Å². The summed E-state index contributed by atoms with van der Waals surface area (Å²) in [6, 6.07) is 7.97. The molecule has 0 aliphatic rings. The third kappa shape index (κ3) is 5.64. The highest BCUT2D eigenvalue weighted by molar-refractivity contribution is 5.89. The number of rotatable bonds is 4. The minimum absolute atomic E-state index is 0.349. The Bertz CT molecular complexity index is 424. The fourth-order valence-electron chi connectivity index (χ4n) is 1.50. The van der Waals surface area contributed by atoms with E-state index in [-0.39, 0.29) is 0 Å². The summed E-state index contributed by atoms with van der Waals surface area (Å²) < 4.78 is 5.25. The van der Waals surface area contributed by atoms with E-state index in [1.807, 2.05) is 45.0 Å².